The second kappa shape index (κ2) is 6.35. The first-order valence-corrected chi connectivity index (χ1v) is 7.30. The van der Waals surface area contributed by atoms with Gasteiger partial charge >= 0.3 is 0 Å². The van der Waals surface area contributed by atoms with Gasteiger partial charge in [0.25, 0.3) is 0 Å². The molecule has 0 bridgehead atoms. The van der Waals surface area contributed by atoms with Gasteiger partial charge in [-0.2, -0.15) is 0 Å². The van der Waals surface area contributed by atoms with Crippen molar-refractivity contribution in [2.24, 2.45) is 5.73 Å². The number of halogens is 1. The van der Waals surface area contributed by atoms with E-state index in [1.807, 2.05) is 0 Å². The number of benzene rings is 1. The Labute approximate surface area is 107 Å². The van der Waals surface area contributed by atoms with Crippen LogP contribution in [0.1, 0.15) is 18.4 Å². The van der Waals surface area contributed by atoms with Crippen molar-refractivity contribution in [3.05, 3.63) is 28.8 Å². The predicted octanol–water partition coefficient (Wildman–Crippen LogP) is 1.67. The zero-order valence-electron chi connectivity index (χ0n) is 9.74. The van der Waals surface area contributed by atoms with Gasteiger partial charge in [0, 0.05) is 6.54 Å². The Hall–Kier alpha value is -0.620. The zero-order chi connectivity index (χ0) is 12.9. The normalized spacial score (nSPS) is 11.7. The molecule has 0 aliphatic rings. The van der Waals surface area contributed by atoms with E-state index in [2.05, 4.69) is 4.72 Å². The van der Waals surface area contributed by atoms with Gasteiger partial charge in [-0.05, 0) is 37.9 Å². The number of nitrogens with two attached hydrogens (primary N) is 1. The minimum absolute atomic E-state index is 0.131. The highest BCUT2D eigenvalue weighted by Crippen LogP contribution is 2.24. The first-order chi connectivity index (χ1) is 7.99. The summed E-state index contributed by atoms with van der Waals surface area (Å²) in [4.78, 5) is 0.131. The van der Waals surface area contributed by atoms with Crippen molar-refractivity contribution in [3.8, 4) is 0 Å². The summed E-state index contributed by atoms with van der Waals surface area (Å²) in [5, 5.41) is 0.277. The lowest BCUT2D eigenvalue weighted by Crippen LogP contribution is -2.25. The fraction of sp³-hybridized carbons (Fsp3) is 0.455. The van der Waals surface area contributed by atoms with Crippen LogP contribution >= 0.6 is 11.6 Å². The molecule has 0 saturated heterocycles. The van der Waals surface area contributed by atoms with Crippen LogP contribution in [0, 0.1) is 6.92 Å². The van der Waals surface area contributed by atoms with E-state index < -0.39 is 10.0 Å². The van der Waals surface area contributed by atoms with Gasteiger partial charge in [0.2, 0.25) is 10.0 Å². The summed E-state index contributed by atoms with van der Waals surface area (Å²) >= 11 is 5.98. The molecule has 0 amide bonds. The number of aryl methyl sites for hydroxylation is 1. The van der Waals surface area contributed by atoms with Crippen LogP contribution in [0.3, 0.4) is 0 Å². The van der Waals surface area contributed by atoms with E-state index in [1.165, 1.54) is 6.07 Å². The Bertz CT molecular complexity index is 474. The van der Waals surface area contributed by atoms with Crippen molar-refractivity contribution in [2.75, 3.05) is 13.1 Å². The SMILES string of the molecule is Cc1cccc(S(=O)(=O)NCCCCN)c1Cl. The van der Waals surface area contributed by atoms with Crippen molar-refractivity contribution in [3.63, 3.8) is 0 Å². The van der Waals surface area contributed by atoms with Gasteiger partial charge in [0.05, 0.1) is 5.02 Å². The summed E-state index contributed by atoms with van der Waals surface area (Å²) in [5.74, 6) is 0. The van der Waals surface area contributed by atoms with Crippen LogP contribution in [-0.4, -0.2) is 21.5 Å². The largest absolute Gasteiger partial charge is 0.330 e. The highest BCUT2D eigenvalue weighted by molar-refractivity contribution is 7.89. The molecule has 1 aromatic rings. The summed E-state index contributed by atoms with van der Waals surface area (Å²) in [5.41, 5.74) is 6.08. The highest BCUT2D eigenvalue weighted by atomic mass is 35.5. The molecule has 6 heteroatoms. The molecule has 96 valence electrons. The average Bonchev–Trinajstić information content (AvgIpc) is 2.28. The zero-order valence-corrected chi connectivity index (χ0v) is 11.3. The van der Waals surface area contributed by atoms with Gasteiger partial charge in [0.15, 0.2) is 0 Å². The van der Waals surface area contributed by atoms with Gasteiger partial charge in [0.1, 0.15) is 4.90 Å². The topological polar surface area (TPSA) is 72.2 Å². The van der Waals surface area contributed by atoms with Crippen molar-refractivity contribution < 1.29 is 8.42 Å². The number of hydrogen-bond donors (Lipinski definition) is 2. The van der Waals surface area contributed by atoms with Crippen LogP contribution in [0.2, 0.25) is 5.02 Å². The molecule has 0 spiro atoms. The van der Waals surface area contributed by atoms with Crippen LogP contribution in [0.5, 0.6) is 0 Å². The molecule has 0 heterocycles. The van der Waals surface area contributed by atoms with E-state index in [9.17, 15) is 8.42 Å². The third-order valence-electron chi connectivity index (χ3n) is 2.37. The predicted molar refractivity (Wildman–Crippen MR) is 69.7 cm³/mol. The lowest BCUT2D eigenvalue weighted by atomic mass is 10.2. The first kappa shape index (κ1) is 14.4. The third kappa shape index (κ3) is 3.96. The van der Waals surface area contributed by atoms with Crippen molar-refractivity contribution in [1.82, 2.24) is 4.72 Å². The van der Waals surface area contributed by atoms with E-state index in [4.69, 9.17) is 17.3 Å². The summed E-state index contributed by atoms with van der Waals surface area (Å²) in [6.45, 7) is 2.71. The lowest BCUT2D eigenvalue weighted by Gasteiger charge is -2.09. The molecule has 4 nitrogen and oxygen atoms in total. The highest BCUT2D eigenvalue weighted by Gasteiger charge is 2.17. The fourth-order valence-corrected chi connectivity index (χ4v) is 3.04. The maximum Gasteiger partial charge on any atom is 0.242 e. The molecule has 0 aliphatic carbocycles. The average molecular weight is 277 g/mol. The Balaban J connectivity index is 2.79. The monoisotopic (exact) mass is 276 g/mol. The van der Waals surface area contributed by atoms with Crippen LogP contribution in [0.25, 0.3) is 0 Å². The van der Waals surface area contributed by atoms with Gasteiger partial charge in [-0.15, -0.1) is 0 Å². The van der Waals surface area contributed by atoms with Crippen LogP contribution in [-0.2, 0) is 10.0 Å². The molecule has 0 unspecified atom stereocenters. The smallest absolute Gasteiger partial charge is 0.242 e. The van der Waals surface area contributed by atoms with Gasteiger partial charge in [-0.1, -0.05) is 23.7 Å². The summed E-state index contributed by atoms with van der Waals surface area (Å²) in [6.07, 6.45) is 1.52. The van der Waals surface area contributed by atoms with E-state index in [0.29, 0.717) is 13.1 Å². The van der Waals surface area contributed by atoms with E-state index in [1.54, 1.807) is 19.1 Å². The number of nitrogens with one attached hydrogen (secondary N) is 1. The molecule has 0 aromatic heterocycles. The van der Waals surface area contributed by atoms with Gasteiger partial charge in [-0.25, -0.2) is 13.1 Å². The molecule has 17 heavy (non-hydrogen) atoms. The standard InChI is InChI=1S/C11H17ClN2O2S/c1-9-5-4-6-10(11(9)12)17(15,16)14-8-3-2-7-13/h4-6,14H,2-3,7-8,13H2,1H3. The molecule has 0 atom stereocenters. The maximum absolute atomic E-state index is 11.9. The first-order valence-electron chi connectivity index (χ1n) is 5.44. The molecular weight excluding hydrogens is 260 g/mol. The molecule has 1 aromatic carbocycles. The molecular formula is C11H17ClN2O2S. The quantitative estimate of drug-likeness (QED) is 0.776. The number of unbranched alkanes of at least 4 members (excludes halogenated alkanes) is 1. The summed E-state index contributed by atoms with van der Waals surface area (Å²) < 4.78 is 26.4. The van der Waals surface area contributed by atoms with E-state index in [-0.39, 0.29) is 9.92 Å². The molecule has 0 saturated carbocycles. The van der Waals surface area contributed by atoms with Crippen LogP contribution in [0.15, 0.2) is 23.1 Å². The third-order valence-corrected chi connectivity index (χ3v) is 4.49. The van der Waals surface area contributed by atoms with Gasteiger partial charge < -0.3 is 5.73 Å². The molecule has 0 fully saturated rings. The van der Waals surface area contributed by atoms with Crippen molar-refractivity contribution in [1.29, 1.82) is 0 Å². The number of sulfonamides is 1. The number of rotatable bonds is 6. The maximum atomic E-state index is 11.9. The second-order valence-electron chi connectivity index (χ2n) is 3.78. The fourth-order valence-electron chi connectivity index (χ4n) is 1.38. The number of hydrogen-bond acceptors (Lipinski definition) is 3. The Morgan fingerprint density at radius 3 is 2.71 bits per heavy atom. The lowest BCUT2D eigenvalue weighted by molar-refractivity contribution is 0.577. The second-order valence-corrected chi connectivity index (χ2v) is 5.89. The Morgan fingerprint density at radius 2 is 2.06 bits per heavy atom. The molecule has 0 aliphatic heterocycles. The summed E-state index contributed by atoms with van der Waals surface area (Å²) in [7, 11) is -3.52. The van der Waals surface area contributed by atoms with Crippen LogP contribution in [0.4, 0.5) is 0 Å². The van der Waals surface area contributed by atoms with Crippen molar-refractivity contribution in [2.45, 2.75) is 24.7 Å². The van der Waals surface area contributed by atoms with E-state index in [0.717, 1.165) is 18.4 Å². The van der Waals surface area contributed by atoms with E-state index >= 15 is 0 Å². The summed E-state index contributed by atoms with van der Waals surface area (Å²) in [6, 6.07) is 4.95. The Morgan fingerprint density at radius 1 is 1.35 bits per heavy atom. The van der Waals surface area contributed by atoms with Crippen LogP contribution < -0.4 is 10.5 Å². The minimum Gasteiger partial charge on any atom is -0.330 e. The molecule has 0 radical (unpaired) electrons. The molecule has 3 N–H and O–H groups in total. The minimum atomic E-state index is -3.52. The van der Waals surface area contributed by atoms with Crippen molar-refractivity contribution >= 4 is 21.6 Å². The van der Waals surface area contributed by atoms with Gasteiger partial charge in [-0.3, -0.25) is 0 Å². The Kier molecular flexibility index (Phi) is 5.39. The molecule has 1 rings (SSSR count).